The van der Waals surface area contributed by atoms with Gasteiger partial charge < -0.3 is 19.6 Å². The smallest absolute Gasteiger partial charge is 0.438 e. The van der Waals surface area contributed by atoms with E-state index >= 15 is 0 Å². The molecule has 1 unspecified atom stereocenters. The summed E-state index contributed by atoms with van der Waals surface area (Å²) in [4.78, 5) is 37.4. The number of hydrogen-bond donors (Lipinski definition) is 3. The molecule has 84 valence electrons. The van der Waals surface area contributed by atoms with Crippen molar-refractivity contribution < 1.29 is 24.1 Å². The molecule has 0 aromatic heterocycles. The number of benzene rings is 1. The van der Waals surface area contributed by atoms with E-state index in [0.29, 0.717) is 10.9 Å². The summed E-state index contributed by atoms with van der Waals surface area (Å²) in [7, 11) is -4.64. The normalized spacial score (nSPS) is 15.7. The monoisotopic (exact) mass is 268 g/mol. The van der Waals surface area contributed by atoms with Crippen LogP contribution in [0.3, 0.4) is 0 Å². The fourth-order valence-corrected chi connectivity index (χ4v) is 4.71. The topological polar surface area (TPSA) is 101 Å². The maximum Gasteiger partial charge on any atom is 0.438 e. The van der Waals surface area contributed by atoms with Crippen LogP contribution in [-0.4, -0.2) is 14.7 Å². The Morgan fingerprint density at radius 1 is 1.20 bits per heavy atom. The summed E-state index contributed by atoms with van der Waals surface area (Å²) in [5.74, 6) is 0.119. The fraction of sp³-hybridized carbons (Fsp3) is 0.143. The van der Waals surface area contributed by atoms with Gasteiger partial charge in [0.05, 0.1) is 0 Å². The summed E-state index contributed by atoms with van der Waals surface area (Å²) in [6, 6.07) is 8.74. The Morgan fingerprint density at radius 2 is 1.73 bits per heavy atom. The van der Waals surface area contributed by atoms with Gasteiger partial charge in [-0.25, -0.2) is 0 Å². The quantitative estimate of drug-likeness (QED) is 0.546. The summed E-state index contributed by atoms with van der Waals surface area (Å²) < 4.78 is 10.6. The second kappa shape index (κ2) is 4.85. The molecular formula is C7H10O5P2S. The van der Waals surface area contributed by atoms with Gasteiger partial charge in [-0.1, -0.05) is 30.3 Å². The largest absolute Gasteiger partial charge is 0.768 e. The second-order valence-electron chi connectivity index (χ2n) is 2.76. The Bertz CT molecular complexity index is 420. The van der Waals surface area contributed by atoms with E-state index in [4.69, 9.17) is 14.7 Å². The zero-order valence-electron chi connectivity index (χ0n) is 7.55. The van der Waals surface area contributed by atoms with Crippen molar-refractivity contribution in [3.05, 3.63) is 35.9 Å². The molecule has 5 nitrogen and oxygen atoms in total. The molecule has 15 heavy (non-hydrogen) atoms. The van der Waals surface area contributed by atoms with E-state index in [-0.39, 0.29) is 5.75 Å². The first-order chi connectivity index (χ1) is 6.83. The molecule has 0 bridgehead atoms. The zero-order chi connectivity index (χ0) is 11.5. The first kappa shape index (κ1) is 13.0. The van der Waals surface area contributed by atoms with Crippen molar-refractivity contribution in [3.8, 4) is 0 Å². The lowest BCUT2D eigenvalue weighted by atomic mass is 10.2. The summed E-state index contributed by atoms with van der Waals surface area (Å²) in [6.07, 6.45) is -4.32. The van der Waals surface area contributed by atoms with E-state index in [1.54, 1.807) is 30.3 Å². The maximum absolute atomic E-state index is 10.6. The van der Waals surface area contributed by atoms with E-state index < -0.39 is 13.5 Å². The molecule has 1 aromatic rings. The summed E-state index contributed by atoms with van der Waals surface area (Å²) in [5.41, 5.74) is 0.753. The van der Waals surface area contributed by atoms with E-state index in [1.807, 2.05) is 0 Å². The lowest BCUT2D eigenvalue weighted by Crippen LogP contribution is -2.00. The summed E-state index contributed by atoms with van der Waals surface area (Å²) in [6.45, 7) is 0. The van der Waals surface area contributed by atoms with E-state index in [9.17, 15) is 9.46 Å². The van der Waals surface area contributed by atoms with E-state index in [0.717, 1.165) is 5.56 Å². The highest BCUT2D eigenvalue weighted by Gasteiger charge is 2.36. The number of rotatable bonds is 3. The Balaban J connectivity index is 2.87. The molecule has 0 fully saturated rings. The van der Waals surface area contributed by atoms with Gasteiger partial charge in [-0.2, -0.15) is 0 Å². The highest BCUT2D eigenvalue weighted by molar-refractivity contribution is 8.50. The van der Waals surface area contributed by atoms with Crippen molar-refractivity contribution in [1.82, 2.24) is 0 Å². The Morgan fingerprint density at radius 3 is 2.20 bits per heavy atom. The predicted octanol–water partition coefficient (Wildman–Crippen LogP) is 0.477. The van der Waals surface area contributed by atoms with Gasteiger partial charge in [-0.05, 0) is 0 Å². The molecule has 1 rings (SSSR count). The molecule has 0 heterocycles. The van der Waals surface area contributed by atoms with Crippen LogP contribution in [-0.2, 0) is 21.3 Å². The molecule has 0 spiro atoms. The predicted molar refractivity (Wildman–Crippen MR) is 58.7 cm³/mol. The van der Waals surface area contributed by atoms with Gasteiger partial charge in [-0.3, -0.25) is 4.57 Å². The third-order valence-corrected chi connectivity index (χ3v) is 9.34. The molecule has 1 atom stereocenters. The highest BCUT2D eigenvalue weighted by atomic mass is 32.7. The molecule has 1 aromatic carbocycles. The van der Waals surface area contributed by atoms with Crippen LogP contribution in [0.4, 0.5) is 0 Å². The molecule has 0 amide bonds. The third kappa shape index (κ3) is 3.78. The van der Waals surface area contributed by atoms with Crippen LogP contribution in [0.1, 0.15) is 5.56 Å². The second-order valence-corrected chi connectivity index (χ2v) is 11.6. The van der Waals surface area contributed by atoms with Crippen molar-refractivity contribution in [3.63, 3.8) is 0 Å². The Kier molecular flexibility index (Phi) is 4.20. The molecule has 0 radical (unpaired) electrons. The van der Waals surface area contributed by atoms with Crippen molar-refractivity contribution in [2.24, 2.45) is 0 Å². The van der Waals surface area contributed by atoms with Gasteiger partial charge in [0.25, 0.3) is 7.28 Å². The molecule has 0 saturated carbocycles. The number of hydrogen-bond acceptors (Lipinski definition) is 2. The van der Waals surface area contributed by atoms with Crippen molar-refractivity contribution in [1.29, 1.82) is 0 Å². The van der Waals surface area contributed by atoms with Gasteiger partial charge in [0, 0.05) is 5.56 Å². The lowest BCUT2D eigenvalue weighted by molar-refractivity contribution is -0.186. The van der Waals surface area contributed by atoms with Crippen molar-refractivity contribution >= 4 is 24.4 Å². The Hall–Kier alpha value is -0.0600. The van der Waals surface area contributed by atoms with Gasteiger partial charge in [0.1, 0.15) is 0 Å². The van der Waals surface area contributed by atoms with Crippen LogP contribution >= 0.6 is 13.5 Å². The standard InChI is InChI=1S/C7H10O5P2S/c8-13(9,10)14(11,12)15-6-7-4-2-1-3-5-7/h1-5H,6H2,(H3-,8,9,10,11,12). The molecular weight excluding hydrogens is 258 g/mol. The first-order valence-electron chi connectivity index (χ1n) is 3.90. The van der Waals surface area contributed by atoms with Crippen LogP contribution in [0.5, 0.6) is 0 Å². The molecule has 8 heteroatoms. The average molecular weight is 268 g/mol. The molecule has 0 aliphatic rings. The fourth-order valence-electron chi connectivity index (χ4n) is 0.808. The molecule has 3 N–H and O–H groups in total. The minimum Gasteiger partial charge on any atom is -0.768 e. The third-order valence-electron chi connectivity index (χ3n) is 1.58. The average Bonchev–Trinajstić information content (AvgIpc) is 2.15. The van der Waals surface area contributed by atoms with E-state index in [2.05, 4.69) is 0 Å². The van der Waals surface area contributed by atoms with E-state index in [1.165, 1.54) is 0 Å². The Labute approximate surface area is 90.6 Å². The minimum atomic E-state index is -5.07. The van der Waals surface area contributed by atoms with Gasteiger partial charge in [-0.15, -0.1) is 0 Å². The maximum atomic E-state index is 10.6. The van der Waals surface area contributed by atoms with Crippen LogP contribution in [0, 0.1) is 0 Å². The van der Waals surface area contributed by atoms with Crippen molar-refractivity contribution in [2.75, 3.05) is 0 Å². The molecule has 0 aliphatic heterocycles. The zero-order valence-corrected chi connectivity index (χ0v) is 10.2. The van der Waals surface area contributed by atoms with Crippen LogP contribution in [0.25, 0.3) is 0 Å². The van der Waals surface area contributed by atoms with Gasteiger partial charge in [0.15, 0.2) is 0 Å². The first-order valence-corrected chi connectivity index (χ1v) is 9.47. The molecule has 0 aliphatic carbocycles. The van der Waals surface area contributed by atoms with Crippen LogP contribution in [0.2, 0.25) is 0 Å². The van der Waals surface area contributed by atoms with Crippen LogP contribution in [0.15, 0.2) is 30.3 Å². The SMILES string of the molecule is O=P([O-])(O)P(O)(O)=[S+]Cc1ccccc1. The highest BCUT2D eigenvalue weighted by Crippen LogP contribution is 2.70. The van der Waals surface area contributed by atoms with Crippen molar-refractivity contribution in [2.45, 2.75) is 5.75 Å². The lowest BCUT2D eigenvalue weighted by Gasteiger charge is -2.14. The van der Waals surface area contributed by atoms with Gasteiger partial charge in [0.2, 0.25) is 16.7 Å². The summed E-state index contributed by atoms with van der Waals surface area (Å²) >= 11 is 0. The molecule has 0 saturated heterocycles. The van der Waals surface area contributed by atoms with Crippen LogP contribution < -0.4 is 4.89 Å². The minimum absolute atomic E-state index is 0.119. The summed E-state index contributed by atoms with van der Waals surface area (Å²) in [5, 5.41) is 0. The van der Waals surface area contributed by atoms with Gasteiger partial charge >= 0.3 is 6.18 Å².